The third kappa shape index (κ3) is 7.54. The summed E-state index contributed by atoms with van der Waals surface area (Å²) in [4.78, 5) is 59.3. The second kappa shape index (κ2) is 13.5. The number of H-pyrrole nitrogens is 1. The molecule has 3 heterocycles. The number of amides is 3. The topological polar surface area (TPSA) is 124 Å². The molecule has 0 bridgehead atoms. The van der Waals surface area contributed by atoms with Crippen molar-refractivity contribution in [3.63, 3.8) is 0 Å². The number of fused-ring (bicyclic) bond motifs is 1. The van der Waals surface area contributed by atoms with Gasteiger partial charge in [-0.25, -0.2) is 0 Å². The van der Waals surface area contributed by atoms with Gasteiger partial charge in [0.1, 0.15) is 5.69 Å². The number of nitrogens with zero attached hydrogens (tertiary/aromatic N) is 2. The quantitative estimate of drug-likeness (QED) is 0.277. The van der Waals surface area contributed by atoms with Crippen LogP contribution < -0.4 is 16.2 Å². The van der Waals surface area contributed by atoms with E-state index in [0.29, 0.717) is 31.6 Å². The lowest BCUT2D eigenvalue weighted by Gasteiger charge is -2.34. The average Bonchev–Trinajstić information content (AvgIpc) is 3.02. The van der Waals surface area contributed by atoms with Crippen molar-refractivity contribution >= 4 is 28.6 Å². The summed E-state index contributed by atoms with van der Waals surface area (Å²) in [6, 6.07) is 20.3. The molecule has 2 aromatic heterocycles. The Morgan fingerprint density at radius 1 is 1.00 bits per heavy atom. The number of carbonyl (C=O) groups excluding carboxylic acids is 3. The predicted octanol–water partition coefficient (Wildman–Crippen LogP) is 4.00. The summed E-state index contributed by atoms with van der Waals surface area (Å²) in [5, 5.41) is 6.63. The molecule has 1 fully saturated rings. The summed E-state index contributed by atoms with van der Waals surface area (Å²) in [5.74, 6) is -0.108. The summed E-state index contributed by atoms with van der Waals surface area (Å²) in [7, 11) is 1.59. The third-order valence-corrected chi connectivity index (χ3v) is 8.20. The lowest BCUT2D eigenvalue weighted by atomic mass is 9.88. The van der Waals surface area contributed by atoms with Gasteiger partial charge in [0, 0.05) is 61.3 Å². The zero-order valence-corrected chi connectivity index (χ0v) is 24.6. The van der Waals surface area contributed by atoms with Crippen LogP contribution in [0.5, 0.6) is 0 Å². The lowest BCUT2D eigenvalue weighted by Crippen LogP contribution is -2.43. The molecule has 9 nitrogen and oxygen atoms in total. The van der Waals surface area contributed by atoms with Crippen LogP contribution >= 0.6 is 0 Å². The Bertz CT molecular complexity index is 1660. The first-order valence-electron chi connectivity index (χ1n) is 14.7. The number of aromatic nitrogens is 2. The van der Waals surface area contributed by atoms with Gasteiger partial charge in [0.25, 0.3) is 5.91 Å². The standard InChI is InChI=1S/C34H37N5O4/c1-22-16-32(41)38-29-10-8-24(18-28(22)29)19-33(42)39-14-12-23(13-15-39)17-27(20-31(40)35-2)37-34(43)30-11-9-26(21-36-30)25-6-4-3-5-7-25/h3-11,16,18,21,23,27H,12-15,17,19-20H2,1-2H3,(H,35,40)(H,37,43)(H,38,41)/t27-/m0/s1. The van der Waals surface area contributed by atoms with E-state index >= 15 is 0 Å². The van der Waals surface area contributed by atoms with Crippen LogP contribution in [0.15, 0.2) is 77.7 Å². The van der Waals surface area contributed by atoms with Crippen LogP contribution in [0.25, 0.3) is 22.0 Å². The molecule has 4 aromatic rings. The zero-order valence-electron chi connectivity index (χ0n) is 24.6. The average molecular weight is 580 g/mol. The summed E-state index contributed by atoms with van der Waals surface area (Å²) in [6.07, 6.45) is 4.40. The van der Waals surface area contributed by atoms with E-state index in [2.05, 4.69) is 20.6 Å². The number of aromatic amines is 1. The number of nitrogens with one attached hydrogen (secondary N) is 3. The van der Waals surface area contributed by atoms with Gasteiger partial charge < -0.3 is 20.5 Å². The smallest absolute Gasteiger partial charge is 0.270 e. The maximum absolute atomic E-state index is 13.1. The fourth-order valence-electron chi connectivity index (χ4n) is 5.79. The summed E-state index contributed by atoms with van der Waals surface area (Å²) >= 11 is 0. The van der Waals surface area contributed by atoms with Crippen molar-refractivity contribution in [3.05, 3.63) is 100 Å². The predicted molar refractivity (Wildman–Crippen MR) is 167 cm³/mol. The summed E-state index contributed by atoms with van der Waals surface area (Å²) in [6.45, 7) is 3.16. The van der Waals surface area contributed by atoms with Crippen molar-refractivity contribution < 1.29 is 14.4 Å². The highest BCUT2D eigenvalue weighted by Gasteiger charge is 2.27. The van der Waals surface area contributed by atoms with Gasteiger partial charge >= 0.3 is 0 Å². The van der Waals surface area contributed by atoms with Gasteiger partial charge in [0.2, 0.25) is 17.4 Å². The molecular formula is C34H37N5O4. The fraction of sp³-hybridized carbons (Fsp3) is 0.324. The minimum absolute atomic E-state index is 0.0696. The van der Waals surface area contributed by atoms with Gasteiger partial charge in [-0.1, -0.05) is 42.5 Å². The molecule has 0 spiro atoms. The monoisotopic (exact) mass is 579 g/mol. The molecule has 1 aliphatic rings. The first-order valence-corrected chi connectivity index (χ1v) is 14.7. The largest absolute Gasteiger partial charge is 0.359 e. The van der Waals surface area contributed by atoms with Crippen molar-refractivity contribution in [2.75, 3.05) is 20.1 Å². The SMILES string of the molecule is CNC(=O)C[C@H](CC1CCN(C(=O)Cc2ccc3[nH]c(=O)cc(C)c3c2)CC1)NC(=O)c1ccc(-c2ccccc2)cn1. The van der Waals surface area contributed by atoms with Crippen LogP contribution in [0.4, 0.5) is 0 Å². The Morgan fingerprint density at radius 2 is 1.77 bits per heavy atom. The second-order valence-electron chi connectivity index (χ2n) is 11.3. The Hall–Kier alpha value is -4.79. The number of aryl methyl sites for hydroxylation is 1. The molecule has 0 aliphatic carbocycles. The molecule has 1 saturated heterocycles. The molecular weight excluding hydrogens is 542 g/mol. The van der Waals surface area contributed by atoms with E-state index in [4.69, 9.17) is 0 Å². The maximum atomic E-state index is 13.1. The number of hydrogen-bond donors (Lipinski definition) is 3. The lowest BCUT2D eigenvalue weighted by molar-refractivity contribution is -0.131. The molecule has 2 aromatic carbocycles. The highest BCUT2D eigenvalue weighted by atomic mass is 16.2. The van der Waals surface area contributed by atoms with E-state index in [1.807, 2.05) is 66.4 Å². The zero-order chi connectivity index (χ0) is 30.3. The van der Waals surface area contributed by atoms with Crippen LogP contribution in [0, 0.1) is 12.8 Å². The Kier molecular flexibility index (Phi) is 9.29. The molecule has 0 saturated carbocycles. The highest BCUT2D eigenvalue weighted by molar-refractivity contribution is 5.93. The molecule has 3 N–H and O–H groups in total. The van der Waals surface area contributed by atoms with Crippen LogP contribution in [-0.2, 0) is 16.0 Å². The first-order chi connectivity index (χ1) is 20.8. The minimum atomic E-state index is -0.345. The molecule has 9 heteroatoms. The van der Waals surface area contributed by atoms with Crippen LogP contribution in [-0.4, -0.2) is 58.8 Å². The van der Waals surface area contributed by atoms with Crippen molar-refractivity contribution in [1.82, 2.24) is 25.5 Å². The van der Waals surface area contributed by atoms with Crippen molar-refractivity contribution in [2.45, 2.75) is 45.1 Å². The number of rotatable bonds is 9. The second-order valence-corrected chi connectivity index (χ2v) is 11.3. The third-order valence-electron chi connectivity index (χ3n) is 8.20. The molecule has 1 aliphatic heterocycles. The Morgan fingerprint density at radius 3 is 2.47 bits per heavy atom. The van der Waals surface area contributed by atoms with Crippen LogP contribution in [0.1, 0.15) is 47.3 Å². The minimum Gasteiger partial charge on any atom is -0.359 e. The number of pyridine rings is 2. The van der Waals surface area contributed by atoms with Crippen molar-refractivity contribution in [3.8, 4) is 11.1 Å². The fourth-order valence-corrected chi connectivity index (χ4v) is 5.79. The molecule has 222 valence electrons. The van der Waals surface area contributed by atoms with Crippen LogP contribution in [0.3, 0.4) is 0 Å². The Labute approximate surface area is 250 Å². The molecule has 43 heavy (non-hydrogen) atoms. The van der Waals surface area contributed by atoms with E-state index in [0.717, 1.165) is 46.0 Å². The van der Waals surface area contributed by atoms with E-state index < -0.39 is 0 Å². The van der Waals surface area contributed by atoms with Gasteiger partial charge in [-0.2, -0.15) is 0 Å². The van der Waals surface area contributed by atoms with E-state index in [1.54, 1.807) is 25.4 Å². The molecule has 0 radical (unpaired) electrons. The first kappa shape index (κ1) is 29.7. The van der Waals surface area contributed by atoms with Crippen molar-refractivity contribution in [1.29, 1.82) is 0 Å². The van der Waals surface area contributed by atoms with Gasteiger partial charge in [-0.05, 0) is 67.0 Å². The molecule has 0 unspecified atom stereocenters. The summed E-state index contributed by atoms with van der Waals surface area (Å²) < 4.78 is 0. The molecule has 1 atom stereocenters. The van der Waals surface area contributed by atoms with E-state index in [9.17, 15) is 19.2 Å². The van der Waals surface area contributed by atoms with Gasteiger partial charge in [0.05, 0.1) is 6.42 Å². The number of benzene rings is 2. The van der Waals surface area contributed by atoms with Crippen molar-refractivity contribution in [2.24, 2.45) is 5.92 Å². The Balaban J connectivity index is 1.16. The van der Waals surface area contributed by atoms with E-state index in [-0.39, 0.29) is 41.7 Å². The van der Waals surface area contributed by atoms with Gasteiger partial charge in [0.15, 0.2) is 0 Å². The van der Waals surface area contributed by atoms with E-state index in [1.165, 1.54) is 0 Å². The number of carbonyl (C=O) groups is 3. The number of hydrogen-bond acceptors (Lipinski definition) is 5. The van der Waals surface area contributed by atoms with Gasteiger partial charge in [-0.15, -0.1) is 0 Å². The summed E-state index contributed by atoms with van der Waals surface area (Å²) in [5.41, 5.74) is 4.67. The normalized spacial score (nSPS) is 14.3. The molecule has 5 rings (SSSR count). The number of likely N-dealkylation sites (tertiary alicyclic amines) is 1. The van der Waals surface area contributed by atoms with Crippen LogP contribution in [0.2, 0.25) is 0 Å². The highest BCUT2D eigenvalue weighted by Crippen LogP contribution is 2.25. The molecule has 3 amide bonds. The number of piperidine rings is 1. The van der Waals surface area contributed by atoms with Gasteiger partial charge in [-0.3, -0.25) is 24.2 Å². The maximum Gasteiger partial charge on any atom is 0.270 e.